The van der Waals surface area contributed by atoms with E-state index in [2.05, 4.69) is 4.98 Å². The summed E-state index contributed by atoms with van der Waals surface area (Å²) >= 11 is 0. The molecular weight excluding hydrogens is 250 g/mol. The van der Waals surface area contributed by atoms with E-state index in [1.165, 1.54) is 12.3 Å². The third-order valence-corrected chi connectivity index (χ3v) is 3.08. The van der Waals surface area contributed by atoms with Gasteiger partial charge in [0.25, 0.3) is 5.69 Å². The van der Waals surface area contributed by atoms with E-state index < -0.39 is 10.9 Å². The predicted molar refractivity (Wildman–Crippen MR) is 68.2 cm³/mol. The van der Waals surface area contributed by atoms with E-state index in [0.717, 1.165) is 12.8 Å². The molecule has 0 saturated heterocycles. The van der Waals surface area contributed by atoms with E-state index in [0.29, 0.717) is 23.8 Å². The molecule has 1 saturated carbocycles. The van der Waals surface area contributed by atoms with Gasteiger partial charge in [-0.15, -0.1) is 0 Å². The molecule has 0 unspecified atom stereocenters. The molecule has 0 amide bonds. The summed E-state index contributed by atoms with van der Waals surface area (Å²) in [4.78, 5) is 27.0. The van der Waals surface area contributed by atoms with Gasteiger partial charge in [0.15, 0.2) is 0 Å². The van der Waals surface area contributed by atoms with E-state index in [4.69, 9.17) is 5.11 Å². The molecule has 1 N–H and O–H groups in total. The number of anilines is 1. The van der Waals surface area contributed by atoms with Crippen LogP contribution in [0.3, 0.4) is 0 Å². The van der Waals surface area contributed by atoms with E-state index >= 15 is 0 Å². The SMILES string of the molecule is Cc1cnc(N(CC(=O)O)CC2CC2)cc1[N+](=O)[O-]. The van der Waals surface area contributed by atoms with Crippen LogP contribution in [0.4, 0.5) is 11.5 Å². The number of aliphatic carboxylic acids is 1. The number of carbonyl (C=O) groups is 1. The van der Waals surface area contributed by atoms with Gasteiger partial charge >= 0.3 is 5.97 Å². The molecule has 19 heavy (non-hydrogen) atoms. The Morgan fingerprint density at radius 3 is 2.84 bits per heavy atom. The number of aryl methyl sites for hydroxylation is 1. The Morgan fingerprint density at radius 1 is 1.63 bits per heavy atom. The van der Waals surface area contributed by atoms with Gasteiger partial charge in [-0.05, 0) is 25.7 Å². The Morgan fingerprint density at radius 2 is 2.32 bits per heavy atom. The maximum absolute atomic E-state index is 10.9. The Balaban J connectivity index is 2.26. The Bertz CT molecular complexity index is 514. The minimum Gasteiger partial charge on any atom is -0.480 e. The molecule has 1 aromatic rings. The van der Waals surface area contributed by atoms with Gasteiger partial charge in [0.05, 0.1) is 11.0 Å². The number of nitrogens with zero attached hydrogens (tertiary/aromatic N) is 3. The first-order valence-electron chi connectivity index (χ1n) is 6.05. The monoisotopic (exact) mass is 265 g/mol. The second-order valence-corrected chi connectivity index (χ2v) is 4.80. The van der Waals surface area contributed by atoms with Gasteiger partial charge in [0.1, 0.15) is 12.4 Å². The van der Waals surface area contributed by atoms with Crippen LogP contribution in [0.2, 0.25) is 0 Å². The molecule has 1 aliphatic rings. The quantitative estimate of drug-likeness (QED) is 0.619. The van der Waals surface area contributed by atoms with Gasteiger partial charge in [0, 0.05) is 18.3 Å². The fraction of sp³-hybridized carbons (Fsp3) is 0.500. The van der Waals surface area contributed by atoms with Gasteiger partial charge in [-0.2, -0.15) is 0 Å². The molecule has 0 aromatic carbocycles. The maximum Gasteiger partial charge on any atom is 0.323 e. The third kappa shape index (κ3) is 3.40. The van der Waals surface area contributed by atoms with Crippen molar-refractivity contribution >= 4 is 17.5 Å². The molecule has 7 nitrogen and oxygen atoms in total. The van der Waals surface area contributed by atoms with Crippen molar-refractivity contribution in [3.05, 3.63) is 27.9 Å². The lowest BCUT2D eigenvalue weighted by Crippen LogP contribution is -2.32. The van der Waals surface area contributed by atoms with Gasteiger partial charge in [-0.1, -0.05) is 0 Å². The first kappa shape index (κ1) is 13.3. The largest absolute Gasteiger partial charge is 0.480 e. The zero-order valence-corrected chi connectivity index (χ0v) is 10.6. The highest BCUT2D eigenvalue weighted by atomic mass is 16.6. The zero-order chi connectivity index (χ0) is 14.0. The summed E-state index contributed by atoms with van der Waals surface area (Å²) < 4.78 is 0. The van der Waals surface area contributed by atoms with E-state index in [9.17, 15) is 14.9 Å². The third-order valence-electron chi connectivity index (χ3n) is 3.08. The first-order valence-corrected chi connectivity index (χ1v) is 6.05. The summed E-state index contributed by atoms with van der Waals surface area (Å²) in [6, 6.07) is 1.35. The molecule has 0 spiro atoms. The normalized spacial score (nSPS) is 14.2. The van der Waals surface area contributed by atoms with Crippen LogP contribution in [0.25, 0.3) is 0 Å². The molecule has 1 fully saturated rings. The van der Waals surface area contributed by atoms with Crippen LogP contribution >= 0.6 is 0 Å². The van der Waals surface area contributed by atoms with E-state index in [1.54, 1.807) is 11.8 Å². The summed E-state index contributed by atoms with van der Waals surface area (Å²) in [5, 5.41) is 19.8. The number of hydrogen-bond donors (Lipinski definition) is 1. The zero-order valence-electron chi connectivity index (χ0n) is 10.6. The molecular formula is C12H15N3O4. The van der Waals surface area contributed by atoms with Crippen molar-refractivity contribution in [3.8, 4) is 0 Å². The molecule has 1 aliphatic carbocycles. The molecule has 0 atom stereocenters. The van der Waals surface area contributed by atoms with Gasteiger partial charge < -0.3 is 10.0 Å². The van der Waals surface area contributed by atoms with Crippen LogP contribution in [0.5, 0.6) is 0 Å². The van der Waals surface area contributed by atoms with Crippen molar-refractivity contribution in [1.29, 1.82) is 0 Å². The minimum absolute atomic E-state index is 0.0313. The Hall–Kier alpha value is -2.18. The number of carboxylic acid groups (broad SMARTS) is 1. The smallest absolute Gasteiger partial charge is 0.323 e. The Labute approximate surface area is 110 Å². The van der Waals surface area contributed by atoms with Crippen LogP contribution in [0, 0.1) is 23.0 Å². The summed E-state index contributed by atoms with van der Waals surface area (Å²) in [6.07, 6.45) is 3.56. The lowest BCUT2D eigenvalue weighted by molar-refractivity contribution is -0.385. The number of pyridine rings is 1. The van der Waals surface area contributed by atoms with Crippen molar-refractivity contribution in [1.82, 2.24) is 4.98 Å². The highest BCUT2D eigenvalue weighted by molar-refractivity contribution is 5.73. The predicted octanol–water partition coefficient (Wildman–Crippen LogP) is 1.60. The Kier molecular flexibility index (Phi) is 3.64. The van der Waals surface area contributed by atoms with Crippen molar-refractivity contribution < 1.29 is 14.8 Å². The van der Waals surface area contributed by atoms with Crippen molar-refractivity contribution in [2.45, 2.75) is 19.8 Å². The van der Waals surface area contributed by atoms with Crippen LogP contribution in [-0.4, -0.2) is 34.1 Å². The highest BCUT2D eigenvalue weighted by Gasteiger charge is 2.27. The van der Waals surface area contributed by atoms with E-state index in [-0.39, 0.29) is 12.2 Å². The van der Waals surface area contributed by atoms with Crippen molar-refractivity contribution in [2.24, 2.45) is 5.92 Å². The van der Waals surface area contributed by atoms with Gasteiger partial charge in [-0.3, -0.25) is 14.9 Å². The minimum atomic E-state index is -0.967. The standard InChI is InChI=1S/C12H15N3O4/c1-8-5-13-11(4-10(8)15(18)19)14(7-12(16)17)6-9-2-3-9/h4-5,9H,2-3,6-7H2,1H3,(H,16,17). The van der Waals surface area contributed by atoms with Crippen LogP contribution < -0.4 is 4.90 Å². The molecule has 1 heterocycles. The summed E-state index contributed by atoms with van der Waals surface area (Å²) in [6.45, 7) is 2.00. The average molecular weight is 265 g/mol. The number of aromatic nitrogens is 1. The van der Waals surface area contributed by atoms with Crippen molar-refractivity contribution in [3.63, 3.8) is 0 Å². The van der Waals surface area contributed by atoms with Crippen LogP contribution in [0.1, 0.15) is 18.4 Å². The molecule has 2 rings (SSSR count). The lowest BCUT2D eigenvalue weighted by Gasteiger charge is -2.21. The fourth-order valence-electron chi connectivity index (χ4n) is 1.89. The first-order chi connectivity index (χ1) is 8.97. The molecule has 0 radical (unpaired) electrons. The molecule has 102 valence electrons. The molecule has 7 heteroatoms. The number of carboxylic acids is 1. The van der Waals surface area contributed by atoms with Gasteiger partial charge in [-0.25, -0.2) is 4.98 Å². The maximum atomic E-state index is 10.9. The van der Waals surface area contributed by atoms with Crippen LogP contribution in [0.15, 0.2) is 12.3 Å². The number of rotatable bonds is 6. The van der Waals surface area contributed by atoms with Gasteiger partial charge in [0.2, 0.25) is 0 Å². The molecule has 1 aromatic heterocycles. The number of nitro groups is 1. The second kappa shape index (κ2) is 5.21. The highest BCUT2D eigenvalue weighted by Crippen LogP contribution is 2.32. The summed E-state index contributed by atoms with van der Waals surface area (Å²) in [5.41, 5.74) is 0.437. The lowest BCUT2D eigenvalue weighted by atomic mass is 10.2. The summed E-state index contributed by atoms with van der Waals surface area (Å²) in [5.74, 6) is -0.140. The number of hydrogen-bond acceptors (Lipinski definition) is 5. The van der Waals surface area contributed by atoms with E-state index in [1.807, 2.05) is 0 Å². The molecule has 0 bridgehead atoms. The second-order valence-electron chi connectivity index (χ2n) is 4.80. The topological polar surface area (TPSA) is 96.6 Å². The average Bonchev–Trinajstić information content (AvgIpc) is 3.11. The molecule has 0 aliphatic heterocycles. The van der Waals surface area contributed by atoms with Crippen molar-refractivity contribution in [2.75, 3.05) is 18.0 Å². The fourth-order valence-corrected chi connectivity index (χ4v) is 1.89. The summed E-state index contributed by atoms with van der Waals surface area (Å²) in [7, 11) is 0. The van der Waals surface area contributed by atoms with Crippen LogP contribution in [-0.2, 0) is 4.79 Å².